The Hall–Kier alpha value is -1.84. The maximum atomic E-state index is 11.2. The molecule has 0 spiro atoms. The first-order valence-corrected chi connectivity index (χ1v) is 10.0. The van der Waals surface area contributed by atoms with Crippen LogP contribution in [0.1, 0.15) is 75.3 Å². The molecular formula is C22H30O4. The van der Waals surface area contributed by atoms with Gasteiger partial charge in [-0.3, -0.25) is 9.59 Å². The number of carboxylic acid groups (broad SMARTS) is 2. The van der Waals surface area contributed by atoms with Gasteiger partial charge in [0.2, 0.25) is 0 Å². The van der Waals surface area contributed by atoms with Crippen molar-refractivity contribution in [2.24, 2.45) is 10.8 Å². The second-order valence-corrected chi connectivity index (χ2v) is 8.35. The maximum absolute atomic E-state index is 11.2. The van der Waals surface area contributed by atoms with Crippen molar-refractivity contribution in [2.45, 2.75) is 77.0 Å². The molecule has 0 radical (unpaired) electrons. The molecule has 0 saturated heterocycles. The van der Waals surface area contributed by atoms with Gasteiger partial charge in [-0.1, -0.05) is 37.1 Å². The summed E-state index contributed by atoms with van der Waals surface area (Å²) in [6, 6.07) is 8.50. The van der Waals surface area contributed by atoms with Crippen LogP contribution < -0.4 is 0 Å². The zero-order chi connectivity index (χ0) is 18.6. The molecule has 0 bridgehead atoms. The minimum atomic E-state index is -0.618. The molecule has 142 valence electrons. The Balaban J connectivity index is 1.40. The molecule has 4 nitrogen and oxygen atoms in total. The van der Waals surface area contributed by atoms with Gasteiger partial charge in [0.05, 0.1) is 10.8 Å². The average molecular weight is 358 g/mol. The van der Waals surface area contributed by atoms with Crippen LogP contribution in [0.25, 0.3) is 0 Å². The normalized spacial score (nSPS) is 19.1. The third kappa shape index (κ3) is 4.46. The van der Waals surface area contributed by atoms with Crippen molar-refractivity contribution in [1.82, 2.24) is 0 Å². The van der Waals surface area contributed by atoms with Crippen molar-refractivity contribution in [3.8, 4) is 0 Å². The summed E-state index contributed by atoms with van der Waals surface area (Å²) in [4.78, 5) is 22.5. The summed E-state index contributed by atoms with van der Waals surface area (Å²) in [6.07, 6.45) is 11.0. The highest BCUT2D eigenvalue weighted by Gasteiger charge is 2.49. The van der Waals surface area contributed by atoms with E-state index in [-0.39, 0.29) is 0 Å². The van der Waals surface area contributed by atoms with Crippen molar-refractivity contribution in [1.29, 1.82) is 0 Å². The number of carboxylic acids is 2. The largest absolute Gasteiger partial charge is 0.481 e. The number of hydrogen-bond donors (Lipinski definition) is 2. The molecule has 0 atom stereocenters. The molecule has 2 aliphatic rings. The van der Waals surface area contributed by atoms with E-state index in [9.17, 15) is 19.8 Å². The van der Waals surface area contributed by atoms with Crippen LogP contribution in [0.4, 0.5) is 0 Å². The molecule has 4 heteroatoms. The summed E-state index contributed by atoms with van der Waals surface area (Å²) in [5.41, 5.74) is 1.93. The standard InChI is InChI=1S/C22H30O4/c23-19(24)21(13-14-21)11-5-3-9-17-7-1-2-8-18(17)10-4-6-12-22(15-16-22)20(25)26/h1-2,7-8H,3-6,9-16H2,(H,23,24)(H,25,26). The van der Waals surface area contributed by atoms with Crippen LogP contribution in [-0.4, -0.2) is 22.2 Å². The van der Waals surface area contributed by atoms with Crippen molar-refractivity contribution in [3.05, 3.63) is 35.4 Å². The Labute approximate surface area is 155 Å². The number of aliphatic carboxylic acids is 2. The summed E-state index contributed by atoms with van der Waals surface area (Å²) >= 11 is 0. The first kappa shape index (κ1) is 18.9. The quantitative estimate of drug-likeness (QED) is 0.524. The molecule has 2 aliphatic carbocycles. The van der Waals surface area contributed by atoms with Gasteiger partial charge in [0.15, 0.2) is 0 Å². The fourth-order valence-electron chi connectivity index (χ4n) is 4.05. The fraction of sp³-hybridized carbons (Fsp3) is 0.636. The van der Waals surface area contributed by atoms with Crippen molar-refractivity contribution >= 4 is 11.9 Å². The second-order valence-electron chi connectivity index (χ2n) is 8.35. The lowest BCUT2D eigenvalue weighted by atomic mass is 9.93. The topological polar surface area (TPSA) is 74.6 Å². The number of rotatable bonds is 12. The lowest BCUT2D eigenvalue weighted by Crippen LogP contribution is -2.14. The van der Waals surface area contributed by atoms with Crippen LogP contribution in [0.15, 0.2) is 24.3 Å². The van der Waals surface area contributed by atoms with Gasteiger partial charge in [-0.25, -0.2) is 0 Å². The molecule has 0 aliphatic heterocycles. The van der Waals surface area contributed by atoms with E-state index < -0.39 is 22.8 Å². The molecule has 2 fully saturated rings. The molecule has 3 rings (SSSR count). The first-order chi connectivity index (χ1) is 12.5. The predicted molar refractivity (Wildman–Crippen MR) is 100 cm³/mol. The maximum Gasteiger partial charge on any atom is 0.309 e. The van der Waals surface area contributed by atoms with Gasteiger partial charge in [-0.15, -0.1) is 0 Å². The van der Waals surface area contributed by atoms with Gasteiger partial charge in [0.1, 0.15) is 0 Å². The summed E-state index contributed by atoms with van der Waals surface area (Å²) in [7, 11) is 0. The fourth-order valence-corrected chi connectivity index (χ4v) is 4.05. The second kappa shape index (κ2) is 7.81. The highest BCUT2D eigenvalue weighted by atomic mass is 16.4. The zero-order valence-electron chi connectivity index (χ0n) is 15.5. The monoisotopic (exact) mass is 358 g/mol. The molecule has 26 heavy (non-hydrogen) atoms. The van der Waals surface area contributed by atoms with Crippen LogP contribution >= 0.6 is 0 Å². The molecule has 1 aromatic rings. The molecular weight excluding hydrogens is 328 g/mol. The Bertz CT molecular complexity index is 599. The van der Waals surface area contributed by atoms with E-state index in [2.05, 4.69) is 24.3 Å². The molecule has 1 aromatic carbocycles. The van der Waals surface area contributed by atoms with Gasteiger partial charge < -0.3 is 10.2 Å². The minimum Gasteiger partial charge on any atom is -0.481 e. The van der Waals surface area contributed by atoms with E-state index >= 15 is 0 Å². The van der Waals surface area contributed by atoms with E-state index in [0.29, 0.717) is 0 Å². The molecule has 2 saturated carbocycles. The Morgan fingerprint density at radius 2 is 1.12 bits per heavy atom. The van der Waals surface area contributed by atoms with Crippen LogP contribution in [-0.2, 0) is 22.4 Å². The molecule has 0 heterocycles. The first-order valence-electron chi connectivity index (χ1n) is 10.0. The number of aryl methyl sites for hydroxylation is 2. The zero-order valence-corrected chi connectivity index (χ0v) is 15.5. The van der Waals surface area contributed by atoms with Gasteiger partial charge in [0.25, 0.3) is 0 Å². The Morgan fingerprint density at radius 3 is 1.42 bits per heavy atom. The lowest BCUT2D eigenvalue weighted by molar-refractivity contribution is -0.144. The van der Waals surface area contributed by atoms with E-state index in [0.717, 1.165) is 77.0 Å². The van der Waals surface area contributed by atoms with Crippen molar-refractivity contribution in [3.63, 3.8) is 0 Å². The van der Waals surface area contributed by atoms with Gasteiger partial charge in [0, 0.05) is 0 Å². The summed E-state index contributed by atoms with van der Waals surface area (Å²) in [5.74, 6) is -1.24. The molecule has 0 unspecified atom stereocenters. The van der Waals surface area contributed by atoms with Crippen LogP contribution in [0.2, 0.25) is 0 Å². The number of hydrogen-bond acceptors (Lipinski definition) is 2. The molecule has 0 amide bonds. The van der Waals surface area contributed by atoms with Crippen molar-refractivity contribution < 1.29 is 19.8 Å². The number of unbranched alkanes of at least 4 members (excludes halogenated alkanes) is 2. The summed E-state index contributed by atoms with van der Waals surface area (Å²) < 4.78 is 0. The van der Waals surface area contributed by atoms with Gasteiger partial charge in [-0.2, -0.15) is 0 Å². The van der Waals surface area contributed by atoms with Gasteiger partial charge in [-0.05, 0) is 75.3 Å². The van der Waals surface area contributed by atoms with Crippen LogP contribution in [0.5, 0.6) is 0 Å². The third-order valence-corrected chi connectivity index (χ3v) is 6.44. The Kier molecular flexibility index (Phi) is 5.69. The van der Waals surface area contributed by atoms with E-state index in [1.165, 1.54) is 11.1 Å². The lowest BCUT2D eigenvalue weighted by Gasteiger charge is -2.12. The number of carbonyl (C=O) groups is 2. The third-order valence-electron chi connectivity index (χ3n) is 6.44. The molecule has 0 aromatic heterocycles. The van der Waals surface area contributed by atoms with Gasteiger partial charge >= 0.3 is 11.9 Å². The smallest absolute Gasteiger partial charge is 0.309 e. The van der Waals surface area contributed by atoms with Crippen LogP contribution in [0, 0.1) is 10.8 Å². The average Bonchev–Trinajstić information content (AvgIpc) is 3.52. The predicted octanol–water partition coefficient (Wildman–Crippen LogP) is 4.84. The highest BCUT2D eigenvalue weighted by molar-refractivity contribution is 5.78. The minimum absolute atomic E-state index is 0.400. The summed E-state index contributed by atoms with van der Waals surface area (Å²) in [6.45, 7) is 0. The van der Waals surface area contributed by atoms with E-state index in [1.54, 1.807) is 0 Å². The van der Waals surface area contributed by atoms with Crippen molar-refractivity contribution in [2.75, 3.05) is 0 Å². The van der Waals surface area contributed by atoms with E-state index in [4.69, 9.17) is 0 Å². The van der Waals surface area contributed by atoms with E-state index in [1.807, 2.05) is 0 Å². The van der Waals surface area contributed by atoms with Crippen LogP contribution in [0.3, 0.4) is 0 Å². The molecule has 2 N–H and O–H groups in total. The SMILES string of the molecule is O=C(O)C1(CCCCc2ccccc2CCCCC2(C(=O)O)CC2)CC1. The Morgan fingerprint density at radius 1 is 0.731 bits per heavy atom. The number of benzene rings is 1. The highest BCUT2D eigenvalue weighted by Crippen LogP contribution is 2.50. The summed E-state index contributed by atoms with van der Waals surface area (Å²) in [5, 5.41) is 18.5.